The summed E-state index contributed by atoms with van der Waals surface area (Å²) in [6, 6.07) is 19.9. The van der Waals surface area contributed by atoms with Crippen LogP contribution < -0.4 is 0 Å². The van der Waals surface area contributed by atoms with E-state index in [4.69, 9.17) is 0 Å². The lowest BCUT2D eigenvalue weighted by atomic mass is 10.2. The number of azo groups is 1. The standard InChI is InChI=1S/C9H10.C7H8N2.C3H8.2C2H6/c1-2-6-9-7-4-3-5-8-9;1-8-9-7-5-3-2-4-6-7;1-3-2;2*1-2/h2-8H,1H3;2-6H,1H3;3H2,1-2H3;2*1-2H3. The van der Waals surface area contributed by atoms with Gasteiger partial charge in [0, 0.05) is 7.05 Å². The van der Waals surface area contributed by atoms with Crippen molar-refractivity contribution in [3.8, 4) is 0 Å². The van der Waals surface area contributed by atoms with Gasteiger partial charge in [0.05, 0.1) is 5.69 Å². The van der Waals surface area contributed by atoms with Crippen molar-refractivity contribution in [2.24, 2.45) is 10.2 Å². The lowest BCUT2D eigenvalue weighted by Gasteiger charge is -1.86. The first kappa shape index (κ1) is 27.6. The van der Waals surface area contributed by atoms with Crippen LogP contribution in [-0.4, -0.2) is 7.05 Å². The average Bonchev–Trinajstić information content (AvgIpc) is 2.68. The van der Waals surface area contributed by atoms with Gasteiger partial charge in [-0.15, -0.1) is 0 Å². The Morgan fingerprint density at radius 2 is 1.16 bits per heavy atom. The molecule has 2 aromatic carbocycles. The van der Waals surface area contributed by atoms with E-state index in [1.807, 2.05) is 89.2 Å². The van der Waals surface area contributed by atoms with Crippen LogP contribution in [-0.2, 0) is 0 Å². The highest BCUT2D eigenvalue weighted by molar-refractivity contribution is 5.47. The van der Waals surface area contributed by atoms with E-state index in [9.17, 15) is 0 Å². The van der Waals surface area contributed by atoms with E-state index in [0.29, 0.717) is 0 Å². The van der Waals surface area contributed by atoms with Crippen LogP contribution in [0, 0.1) is 0 Å². The van der Waals surface area contributed by atoms with Crippen LogP contribution in [0.1, 0.15) is 60.5 Å². The molecule has 25 heavy (non-hydrogen) atoms. The number of benzene rings is 2. The highest BCUT2D eigenvalue weighted by Gasteiger charge is 1.80. The zero-order valence-corrected chi connectivity index (χ0v) is 17.5. The van der Waals surface area contributed by atoms with Gasteiger partial charge >= 0.3 is 0 Å². The minimum absolute atomic E-state index is 0.903. The van der Waals surface area contributed by atoms with Gasteiger partial charge in [0.2, 0.25) is 0 Å². The molecule has 2 aromatic rings. The predicted molar refractivity (Wildman–Crippen MR) is 117 cm³/mol. The Balaban J connectivity index is -0.000000287. The van der Waals surface area contributed by atoms with Crippen molar-refractivity contribution in [1.82, 2.24) is 0 Å². The van der Waals surface area contributed by atoms with E-state index >= 15 is 0 Å². The SMILES string of the molecule is CC.CC.CC=Cc1ccccc1.CCC.CN=Nc1ccccc1. The van der Waals surface area contributed by atoms with E-state index < -0.39 is 0 Å². The number of nitrogens with zero attached hydrogens (tertiary/aromatic N) is 2. The van der Waals surface area contributed by atoms with Crippen molar-refractivity contribution in [1.29, 1.82) is 0 Å². The summed E-state index contributed by atoms with van der Waals surface area (Å²) in [5, 5.41) is 7.46. The van der Waals surface area contributed by atoms with Gasteiger partial charge in [-0.25, -0.2) is 0 Å². The van der Waals surface area contributed by atoms with Crippen molar-refractivity contribution in [2.45, 2.75) is 54.9 Å². The molecule has 0 amide bonds. The van der Waals surface area contributed by atoms with Crippen LogP contribution in [0.25, 0.3) is 6.08 Å². The molecule has 0 saturated carbocycles. The molecule has 0 bridgehead atoms. The van der Waals surface area contributed by atoms with E-state index in [2.05, 4.69) is 42.3 Å². The van der Waals surface area contributed by atoms with Crippen molar-refractivity contribution in [3.63, 3.8) is 0 Å². The summed E-state index contributed by atoms with van der Waals surface area (Å²) in [6.07, 6.45) is 5.37. The molecule has 0 unspecified atom stereocenters. The zero-order chi connectivity index (χ0) is 19.8. The van der Waals surface area contributed by atoms with Crippen LogP contribution in [0.2, 0.25) is 0 Å². The second kappa shape index (κ2) is 26.7. The van der Waals surface area contributed by atoms with Gasteiger partial charge < -0.3 is 0 Å². The molecular formula is C23H38N2. The Labute approximate surface area is 156 Å². The van der Waals surface area contributed by atoms with E-state index in [1.165, 1.54) is 12.0 Å². The summed E-state index contributed by atoms with van der Waals surface area (Å²) >= 11 is 0. The summed E-state index contributed by atoms with van der Waals surface area (Å²) in [7, 11) is 1.66. The lowest BCUT2D eigenvalue weighted by molar-refractivity contribution is 1.09. The smallest absolute Gasteiger partial charge is 0.0852 e. The third-order valence-corrected chi connectivity index (χ3v) is 2.13. The topological polar surface area (TPSA) is 24.7 Å². The first-order chi connectivity index (χ1) is 12.3. The molecule has 0 aromatic heterocycles. The number of hydrogen-bond donors (Lipinski definition) is 0. The second-order valence-corrected chi connectivity index (χ2v) is 4.25. The molecule has 0 aliphatic heterocycles. The van der Waals surface area contributed by atoms with Gasteiger partial charge in [-0.05, 0) is 24.6 Å². The second-order valence-electron chi connectivity index (χ2n) is 4.25. The molecule has 2 nitrogen and oxygen atoms in total. The average molecular weight is 343 g/mol. The first-order valence-electron chi connectivity index (χ1n) is 9.31. The molecule has 0 spiro atoms. The highest BCUT2D eigenvalue weighted by atomic mass is 15.1. The maximum absolute atomic E-state index is 3.83. The zero-order valence-electron chi connectivity index (χ0n) is 17.5. The molecule has 0 aliphatic carbocycles. The van der Waals surface area contributed by atoms with Crippen LogP contribution in [0.15, 0.2) is 77.0 Å². The van der Waals surface area contributed by atoms with Crippen molar-refractivity contribution in [2.75, 3.05) is 7.05 Å². The van der Waals surface area contributed by atoms with Crippen LogP contribution in [0.3, 0.4) is 0 Å². The maximum atomic E-state index is 3.83. The predicted octanol–water partition coefficient (Wildman–Crippen LogP) is 8.59. The molecule has 0 aliphatic rings. The Morgan fingerprint density at radius 1 is 0.760 bits per heavy atom. The summed E-state index contributed by atoms with van der Waals surface area (Å²) in [4.78, 5) is 0. The summed E-state index contributed by atoms with van der Waals surface area (Å²) in [5.74, 6) is 0. The lowest BCUT2D eigenvalue weighted by Crippen LogP contribution is -1.65. The number of allylic oxidation sites excluding steroid dienone is 1. The van der Waals surface area contributed by atoms with Crippen LogP contribution >= 0.6 is 0 Å². The Kier molecular flexibility index (Phi) is 29.5. The summed E-state index contributed by atoms with van der Waals surface area (Å²) in [6.45, 7) is 14.3. The summed E-state index contributed by atoms with van der Waals surface area (Å²) in [5.41, 5.74) is 2.17. The highest BCUT2D eigenvalue weighted by Crippen LogP contribution is 2.08. The quantitative estimate of drug-likeness (QED) is 0.488. The fourth-order valence-corrected chi connectivity index (χ4v) is 1.37. The van der Waals surface area contributed by atoms with Gasteiger partial charge in [-0.2, -0.15) is 10.2 Å². The summed E-state index contributed by atoms with van der Waals surface area (Å²) < 4.78 is 0. The third-order valence-electron chi connectivity index (χ3n) is 2.13. The van der Waals surface area contributed by atoms with Crippen molar-refractivity contribution < 1.29 is 0 Å². The van der Waals surface area contributed by atoms with Gasteiger partial charge in [-0.1, -0.05) is 109 Å². The number of hydrogen-bond acceptors (Lipinski definition) is 2. The van der Waals surface area contributed by atoms with E-state index in [-0.39, 0.29) is 0 Å². The van der Waals surface area contributed by atoms with Crippen molar-refractivity contribution >= 4 is 11.8 Å². The molecule has 0 fully saturated rings. The Hall–Kier alpha value is -2.22. The molecule has 0 saturated heterocycles. The fourth-order valence-electron chi connectivity index (χ4n) is 1.37. The van der Waals surface area contributed by atoms with Gasteiger partial charge in [0.25, 0.3) is 0 Å². The first-order valence-corrected chi connectivity index (χ1v) is 9.31. The fraction of sp³-hybridized carbons (Fsp3) is 0.391. The largest absolute Gasteiger partial charge is 0.192 e. The Morgan fingerprint density at radius 3 is 1.52 bits per heavy atom. The molecule has 0 atom stereocenters. The molecule has 0 N–H and O–H groups in total. The Bertz CT molecular complexity index is 441. The molecular weight excluding hydrogens is 304 g/mol. The van der Waals surface area contributed by atoms with Crippen LogP contribution in [0.5, 0.6) is 0 Å². The van der Waals surface area contributed by atoms with E-state index in [0.717, 1.165) is 5.69 Å². The molecule has 2 heteroatoms. The minimum Gasteiger partial charge on any atom is -0.192 e. The molecule has 0 radical (unpaired) electrons. The van der Waals surface area contributed by atoms with Crippen molar-refractivity contribution in [3.05, 3.63) is 72.3 Å². The van der Waals surface area contributed by atoms with Gasteiger partial charge in [0.1, 0.15) is 0 Å². The monoisotopic (exact) mass is 342 g/mol. The number of rotatable bonds is 2. The van der Waals surface area contributed by atoms with Crippen LogP contribution in [0.4, 0.5) is 5.69 Å². The molecule has 2 rings (SSSR count). The minimum atomic E-state index is 0.903. The van der Waals surface area contributed by atoms with E-state index in [1.54, 1.807) is 7.05 Å². The molecule has 0 heterocycles. The third kappa shape index (κ3) is 21.8. The van der Waals surface area contributed by atoms with Gasteiger partial charge in [0.15, 0.2) is 0 Å². The van der Waals surface area contributed by atoms with Gasteiger partial charge in [-0.3, -0.25) is 0 Å². The molecule has 140 valence electrons. The normalized spacial score (nSPS) is 8.64. The maximum Gasteiger partial charge on any atom is 0.0852 e.